The maximum atomic E-state index is 5.21. The highest BCUT2D eigenvalue weighted by atomic mass is 79.9. The molecule has 1 nitrogen and oxygen atoms in total. The van der Waals surface area contributed by atoms with Gasteiger partial charge in [-0.25, -0.2) is 0 Å². The Kier molecular flexibility index (Phi) is 5.16. The molecule has 0 amide bonds. The minimum atomic E-state index is 0.551. The monoisotopic (exact) mass is 270 g/mol. The van der Waals surface area contributed by atoms with Crippen molar-refractivity contribution in [3.63, 3.8) is 0 Å². The highest BCUT2D eigenvalue weighted by Crippen LogP contribution is 2.22. The molecule has 0 bridgehead atoms. The molecule has 0 saturated heterocycles. The molecule has 2 heteroatoms. The molecule has 0 fully saturated rings. The van der Waals surface area contributed by atoms with Crippen LogP contribution in [0.2, 0.25) is 0 Å². The van der Waals surface area contributed by atoms with Crippen molar-refractivity contribution >= 4 is 15.9 Å². The van der Waals surface area contributed by atoms with Crippen LogP contribution in [0.25, 0.3) is 0 Å². The number of hydrogen-bond acceptors (Lipinski definition) is 1. The molecule has 0 spiro atoms. The Morgan fingerprint density at radius 2 is 2.13 bits per heavy atom. The van der Waals surface area contributed by atoms with E-state index in [4.69, 9.17) is 4.74 Å². The Morgan fingerprint density at radius 1 is 1.40 bits per heavy atom. The Balaban J connectivity index is 2.63. The van der Waals surface area contributed by atoms with Crippen molar-refractivity contribution in [1.29, 1.82) is 0 Å². The van der Waals surface area contributed by atoms with Crippen LogP contribution >= 0.6 is 15.9 Å². The summed E-state index contributed by atoms with van der Waals surface area (Å²) in [6.07, 6.45) is 2.27. The average molecular weight is 271 g/mol. The predicted octanol–water partition coefficient (Wildman–Crippen LogP) is 4.05. The Morgan fingerprint density at radius 3 is 2.73 bits per heavy atom. The van der Waals surface area contributed by atoms with Gasteiger partial charge in [0.15, 0.2) is 0 Å². The highest BCUT2D eigenvalue weighted by Gasteiger charge is 2.12. The summed E-state index contributed by atoms with van der Waals surface area (Å²) in [6, 6.07) is 8.29. The highest BCUT2D eigenvalue weighted by molar-refractivity contribution is 9.09. The van der Waals surface area contributed by atoms with Gasteiger partial charge in [0.05, 0.1) is 7.11 Å². The lowest BCUT2D eigenvalue weighted by Gasteiger charge is -2.16. The molecule has 1 aromatic rings. The zero-order chi connectivity index (χ0) is 11.3. The van der Waals surface area contributed by atoms with Crippen LogP contribution in [0.4, 0.5) is 0 Å². The Bertz CT molecular complexity index is 298. The molecule has 0 aliphatic carbocycles. The third-order valence-corrected chi connectivity index (χ3v) is 4.05. The van der Waals surface area contributed by atoms with Crippen molar-refractivity contribution in [3.8, 4) is 5.75 Å². The summed E-state index contributed by atoms with van der Waals surface area (Å²) in [5, 5.41) is 0. The molecule has 1 aromatic carbocycles. The maximum absolute atomic E-state index is 5.21. The first kappa shape index (κ1) is 12.6. The van der Waals surface area contributed by atoms with Crippen molar-refractivity contribution in [3.05, 3.63) is 29.8 Å². The first-order chi connectivity index (χ1) is 7.17. The van der Waals surface area contributed by atoms with E-state index in [-0.39, 0.29) is 0 Å². The topological polar surface area (TPSA) is 9.23 Å². The molecule has 15 heavy (non-hydrogen) atoms. The normalized spacial score (nSPS) is 14.7. The van der Waals surface area contributed by atoms with E-state index in [1.54, 1.807) is 7.11 Å². The zero-order valence-electron chi connectivity index (χ0n) is 9.66. The standard InChI is InChI=1S/C13H19BrO/c1-4-10(2)13(14)9-11-6-5-7-12(8-11)15-3/h5-8,10,13H,4,9H2,1-3H3. The minimum absolute atomic E-state index is 0.551. The van der Waals surface area contributed by atoms with Crippen molar-refractivity contribution in [2.24, 2.45) is 5.92 Å². The molecule has 2 unspecified atom stereocenters. The van der Waals surface area contributed by atoms with E-state index >= 15 is 0 Å². The second kappa shape index (κ2) is 6.16. The quantitative estimate of drug-likeness (QED) is 0.734. The van der Waals surface area contributed by atoms with Gasteiger partial charge < -0.3 is 4.74 Å². The van der Waals surface area contributed by atoms with Gasteiger partial charge >= 0.3 is 0 Å². The molecule has 0 saturated carbocycles. The van der Waals surface area contributed by atoms with Crippen LogP contribution in [-0.4, -0.2) is 11.9 Å². The van der Waals surface area contributed by atoms with Crippen LogP contribution in [0.3, 0.4) is 0 Å². The Labute approximate surface area is 101 Å². The number of hydrogen-bond donors (Lipinski definition) is 0. The molecule has 0 N–H and O–H groups in total. The number of benzene rings is 1. The third-order valence-electron chi connectivity index (χ3n) is 2.83. The van der Waals surface area contributed by atoms with E-state index < -0.39 is 0 Å². The fourth-order valence-corrected chi connectivity index (χ4v) is 2.23. The van der Waals surface area contributed by atoms with Crippen LogP contribution in [-0.2, 0) is 6.42 Å². The van der Waals surface area contributed by atoms with Gasteiger partial charge in [0.1, 0.15) is 5.75 Å². The van der Waals surface area contributed by atoms with Crippen molar-refractivity contribution in [2.75, 3.05) is 7.11 Å². The van der Waals surface area contributed by atoms with Gasteiger partial charge in [0, 0.05) is 4.83 Å². The molecule has 2 atom stereocenters. The van der Waals surface area contributed by atoms with Crippen molar-refractivity contribution in [1.82, 2.24) is 0 Å². The first-order valence-electron chi connectivity index (χ1n) is 5.44. The number of methoxy groups -OCH3 is 1. The molecule has 1 rings (SSSR count). The van der Waals surface area contributed by atoms with Gasteiger partial charge in [-0.3, -0.25) is 0 Å². The van der Waals surface area contributed by atoms with E-state index in [0.717, 1.165) is 12.2 Å². The van der Waals surface area contributed by atoms with E-state index in [1.165, 1.54) is 12.0 Å². The summed E-state index contributed by atoms with van der Waals surface area (Å²) in [5.74, 6) is 1.65. The summed E-state index contributed by atoms with van der Waals surface area (Å²) in [6.45, 7) is 4.50. The van der Waals surface area contributed by atoms with Crippen molar-refractivity contribution < 1.29 is 4.74 Å². The second-order valence-electron chi connectivity index (χ2n) is 3.96. The SMILES string of the molecule is CCC(C)C(Br)Cc1cccc(OC)c1. The lowest BCUT2D eigenvalue weighted by molar-refractivity contribution is 0.414. The summed E-state index contributed by atoms with van der Waals surface area (Å²) in [7, 11) is 1.71. The molecule has 0 radical (unpaired) electrons. The molecule has 84 valence electrons. The van der Waals surface area contributed by atoms with Crippen LogP contribution in [0.1, 0.15) is 25.8 Å². The molecule has 0 aliphatic rings. The predicted molar refractivity (Wildman–Crippen MR) is 68.9 cm³/mol. The molecule has 0 heterocycles. The van der Waals surface area contributed by atoms with Gasteiger partial charge in [-0.05, 0) is 30.0 Å². The van der Waals surface area contributed by atoms with Gasteiger partial charge in [-0.1, -0.05) is 48.3 Å². The number of halogens is 1. The van der Waals surface area contributed by atoms with E-state index in [0.29, 0.717) is 10.7 Å². The molecular formula is C13H19BrO. The van der Waals surface area contributed by atoms with Crippen LogP contribution in [0.5, 0.6) is 5.75 Å². The van der Waals surface area contributed by atoms with E-state index in [9.17, 15) is 0 Å². The second-order valence-corrected chi connectivity index (χ2v) is 5.13. The summed E-state index contributed by atoms with van der Waals surface area (Å²) >= 11 is 3.75. The average Bonchev–Trinajstić information content (AvgIpc) is 2.28. The lowest BCUT2D eigenvalue weighted by Crippen LogP contribution is -2.12. The van der Waals surface area contributed by atoms with E-state index in [1.807, 2.05) is 12.1 Å². The van der Waals surface area contributed by atoms with Gasteiger partial charge in [-0.15, -0.1) is 0 Å². The van der Waals surface area contributed by atoms with Crippen LogP contribution in [0.15, 0.2) is 24.3 Å². The number of rotatable bonds is 5. The lowest BCUT2D eigenvalue weighted by atomic mass is 9.99. The largest absolute Gasteiger partial charge is 0.497 e. The van der Waals surface area contributed by atoms with Gasteiger partial charge in [0.2, 0.25) is 0 Å². The number of alkyl halides is 1. The Hall–Kier alpha value is -0.500. The smallest absolute Gasteiger partial charge is 0.119 e. The summed E-state index contributed by atoms with van der Waals surface area (Å²) in [5.41, 5.74) is 1.33. The summed E-state index contributed by atoms with van der Waals surface area (Å²) in [4.78, 5) is 0.551. The molecular weight excluding hydrogens is 252 g/mol. The van der Waals surface area contributed by atoms with E-state index in [2.05, 4.69) is 41.9 Å². The maximum Gasteiger partial charge on any atom is 0.119 e. The van der Waals surface area contributed by atoms with Gasteiger partial charge in [0.25, 0.3) is 0 Å². The van der Waals surface area contributed by atoms with Crippen LogP contribution in [0, 0.1) is 5.92 Å². The molecule has 0 aromatic heterocycles. The first-order valence-corrected chi connectivity index (χ1v) is 6.36. The van der Waals surface area contributed by atoms with Gasteiger partial charge in [-0.2, -0.15) is 0 Å². The number of ether oxygens (including phenoxy) is 1. The van der Waals surface area contributed by atoms with Crippen molar-refractivity contribution in [2.45, 2.75) is 31.5 Å². The molecule has 0 aliphatic heterocycles. The fourth-order valence-electron chi connectivity index (χ4n) is 1.48. The fraction of sp³-hybridized carbons (Fsp3) is 0.538. The summed E-state index contributed by atoms with van der Waals surface area (Å²) < 4.78 is 5.21. The minimum Gasteiger partial charge on any atom is -0.497 e. The van der Waals surface area contributed by atoms with Crippen LogP contribution < -0.4 is 4.74 Å². The third kappa shape index (κ3) is 3.86. The zero-order valence-corrected chi connectivity index (χ0v) is 11.3.